The van der Waals surface area contributed by atoms with E-state index in [9.17, 15) is 5.26 Å². The van der Waals surface area contributed by atoms with Gasteiger partial charge in [-0.05, 0) is 43.5 Å². The van der Waals surface area contributed by atoms with Crippen molar-refractivity contribution in [3.05, 3.63) is 41.5 Å². The van der Waals surface area contributed by atoms with Gasteiger partial charge < -0.3 is 9.30 Å². The minimum absolute atomic E-state index is 0.541. The van der Waals surface area contributed by atoms with Gasteiger partial charge in [-0.3, -0.25) is 0 Å². The lowest BCUT2D eigenvalue weighted by atomic mass is 10.1. The van der Waals surface area contributed by atoms with Crippen molar-refractivity contribution < 1.29 is 4.74 Å². The van der Waals surface area contributed by atoms with Crippen LogP contribution in [0.1, 0.15) is 43.4 Å². The first-order chi connectivity index (χ1) is 11.3. The summed E-state index contributed by atoms with van der Waals surface area (Å²) in [6, 6.07) is 10.0. The fourth-order valence-electron chi connectivity index (χ4n) is 2.86. The van der Waals surface area contributed by atoms with Crippen molar-refractivity contribution in [2.24, 2.45) is 0 Å². The van der Waals surface area contributed by atoms with Crippen molar-refractivity contribution in [2.45, 2.75) is 39.2 Å². The highest BCUT2D eigenvalue weighted by Gasteiger charge is 2.17. The van der Waals surface area contributed by atoms with Crippen LogP contribution in [0, 0.1) is 11.3 Å². The van der Waals surface area contributed by atoms with Crippen molar-refractivity contribution in [2.75, 3.05) is 6.61 Å². The highest BCUT2D eigenvalue weighted by molar-refractivity contribution is 5.87. The molecule has 0 bridgehead atoms. The van der Waals surface area contributed by atoms with E-state index in [0.717, 1.165) is 42.9 Å². The Bertz CT molecular complexity index is 755. The molecule has 5 nitrogen and oxygen atoms in total. The fourth-order valence-corrected chi connectivity index (χ4v) is 2.86. The number of hydrogen-bond acceptors (Lipinski definition) is 4. The predicted octanol–water partition coefficient (Wildman–Crippen LogP) is 3.47. The van der Waals surface area contributed by atoms with Gasteiger partial charge in [0.1, 0.15) is 17.6 Å². The molecule has 1 aliphatic heterocycles. The quantitative estimate of drug-likeness (QED) is 0.811. The van der Waals surface area contributed by atoms with Crippen LogP contribution in [-0.4, -0.2) is 21.4 Å². The van der Waals surface area contributed by atoms with Crippen LogP contribution in [0.4, 0.5) is 0 Å². The molecule has 5 heteroatoms. The van der Waals surface area contributed by atoms with Crippen LogP contribution in [0.2, 0.25) is 0 Å². The van der Waals surface area contributed by atoms with Crippen LogP contribution in [-0.2, 0) is 13.0 Å². The lowest BCUT2D eigenvalue weighted by molar-refractivity contribution is 0.340. The zero-order valence-corrected chi connectivity index (χ0v) is 13.3. The van der Waals surface area contributed by atoms with Crippen LogP contribution in [0.3, 0.4) is 0 Å². The van der Waals surface area contributed by atoms with E-state index < -0.39 is 0 Å². The number of allylic oxidation sites excluding steroid dienone is 1. The van der Waals surface area contributed by atoms with E-state index in [1.54, 1.807) is 0 Å². The number of aryl methyl sites for hydroxylation is 1. The highest BCUT2D eigenvalue weighted by atomic mass is 16.5. The number of aromatic nitrogens is 3. The lowest BCUT2D eigenvalue weighted by Crippen LogP contribution is -2.05. The molecule has 0 amide bonds. The summed E-state index contributed by atoms with van der Waals surface area (Å²) < 4.78 is 7.61. The van der Waals surface area contributed by atoms with Gasteiger partial charge in [-0.15, -0.1) is 10.2 Å². The molecule has 0 atom stereocenters. The van der Waals surface area contributed by atoms with Gasteiger partial charge in [-0.1, -0.05) is 18.6 Å². The van der Waals surface area contributed by atoms with E-state index in [1.807, 2.05) is 37.3 Å². The molecule has 1 aromatic heterocycles. The maximum Gasteiger partial charge on any atom is 0.174 e. The second kappa shape index (κ2) is 7.10. The Hall–Kier alpha value is -2.61. The molecule has 1 aliphatic rings. The summed E-state index contributed by atoms with van der Waals surface area (Å²) >= 11 is 0. The maximum absolute atomic E-state index is 9.57. The minimum atomic E-state index is 0.541. The van der Waals surface area contributed by atoms with Crippen molar-refractivity contribution in [1.82, 2.24) is 14.8 Å². The minimum Gasteiger partial charge on any atom is -0.494 e. The monoisotopic (exact) mass is 308 g/mol. The molecular formula is C18H20N4O. The highest BCUT2D eigenvalue weighted by Crippen LogP contribution is 2.22. The second-order valence-electron chi connectivity index (χ2n) is 5.58. The molecule has 0 spiro atoms. The van der Waals surface area contributed by atoms with E-state index in [4.69, 9.17) is 4.74 Å². The number of rotatable bonds is 4. The average molecular weight is 308 g/mol. The number of ether oxygens (including phenoxy) is 1. The average Bonchev–Trinajstić information content (AvgIpc) is 2.81. The normalized spacial score (nSPS) is 14.7. The van der Waals surface area contributed by atoms with Crippen LogP contribution >= 0.6 is 0 Å². The van der Waals surface area contributed by atoms with Gasteiger partial charge in [-0.2, -0.15) is 5.26 Å². The third kappa shape index (κ3) is 3.42. The molecule has 3 rings (SSSR count). The molecule has 0 radical (unpaired) electrons. The number of nitriles is 1. The first-order valence-corrected chi connectivity index (χ1v) is 8.09. The molecule has 0 N–H and O–H groups in total. The topological polar surface area (TPSA) is 63.7 Å². The fraction of sp³-hybridized carbons (Fsp3) is 0.389. The Morgan fingerprint density at radius 1 is 1.35 bits per heavy atom. The molecule has 0 saturated heterocycles. The second-order valence-corrected chi connectivity index (χ2v) is 5.58. The summed E-state index contributed by atoms with van der Waals surface area (Å²) in [6.45, 7) is 3.46. The summed E-state index contributed by atoms with van der Waals surface area (Å²) in [5.41, 5.74) is 1.47. The molecule has 1 aromatic carbocycles. The van der Waals surface area contributed by atoms with E-state index in [2.05, 4.69) is 20.8 Å². The number of hydrogen-bond donors (Lipinski definition) is 0. The Kier molecular flexibility index (Phi) is 4.72. The molecule has 2 heterocycles. The van der Waals surface area contributed by atoms with Crippen LogP contribution < -0.4 is 4.74 Å². The molecule has 0 fully saturated rings. The molecule has 0 aliphatic carbocycles. The van der Waals surface area contributed by atoms with Gasteiger partial charge in [0.2, 0.25) is 0 Å². The SMILES string of the molecule is CCOc1cccc(C=C(C#N)c2nnc3n2CCCCC3)c1. The Morgan fingerprint density at radius 2 is 2.26 bits per heavy atom. The zero-order valence-electron chi connectivity index (χ0n) is 13.3. The van der Waals surface area contributed by atoms with Gasteiger partial charge >= 0.3 is 0 Å². The molecule has 0 saturated carbocycles. The van der Waals surface area contributed by atoms with Crippen molar-refractivity contribution in [3.8, 4) is 11.8 Å². The van der Waals surface area contributed by atoms with E-state index in [-0.39, 0.29) is 0 Å². The smallest absolute Gasteiger partial charge is 0.174 e. The van der Waals surface area contributed by atoms with Crippen LogP contribution in [0.5, 0.6) is 5.75 Å². The van der Waals surface area contributed by atoms with Gasteiger partial charge in [-0.25, -0.2) is 0 Å². The van der Waals surface area contributed by atoms with Gasteiger partial charge in [0.25, 0.3) is 0 Å². The summed E-state index contributed by atoms with van der Waals surface area (Å²) in [6.07, 6.45) is 6.23. The molecule has 2 aromatic rings. The molecule has 118 valence electrons. The maximum atomic E-state index is 9.57. The van der Waals surface area contributed by atoms with E-state index in [0.29, 0.717) is 18.0 Å². The third-order valence-electron chi connectivity index (χ3n) is 3.95. The number of benzene rings is 1. The van der Waals surface area contributed by atoms with Gasteiger partial charge in [0, 0.05) is 13.0 Å². The summed E-state index contributed by atoms with van der Waals surface area (Å²) in [4.78, 5) is 0. The van der Waals surface area contributed by atoms with Crippen molar-refractivity contribution in [3.63, 3.8) is 0 Å². The third-order valence-corrected chi connectivity index (χ3v) is 3.95. The number of nitrogens with zero attached hydrogens (tertiary/aromatic N) is 4. The summed E-state index contributed by atoms with van der Waals surface area (Å²) in [5.74, 6) is 2.46. The number of fused-ring (bicyclic) bond motifs is 1. The van der Waals surface area contributed by atoms with E-state index in [1.165, 1.54) is 6.42 Å². The Morgan fingerprint density at radius 3 is 3.09 bits per heavy atom. The molecular weight excluding hydrogens is 288 g/mol. The van der Waals surface area contributed by atoms with Gasteiger partial charge in [0.05, 0.1) is 12.2 Å². The summed E-state index contributed by atoms with van der Waals surface area (Å²) in [5, 5.41) is 18.1. The van der Waals surface area contributed by atoms with Crippen LogP contribution in [0.15, 0.2) is 24.3 Å². The zero-order chi connectivity index (χ0) is 16.1. The molecule has 23 heavy (non-hydrogen) atoms. The Labute approximate surface area is 136 Å². The summed E-state index contributed by atoms with van der Waals surface area (Å²) in [7, 11) is 0. The first-order valence-electron chi connectivity index (χ1n) is 8.09. The van der Waals surface area contributed by atoms with Crippen LogP contribution in [0.25, 0.3) is 11.6 Å². The van der Waals surface area contributed by atoms with Crippen molar-refractivity contribution in [1.29, 1.82) is 5.26 Å². The largest absolute Gasteiger partial charge is 0.494 e. The van der Waals surface area contributed by atoms with E-state index >= 15 is 0 Å². The van der Waals surface area contributed by atoms with Crippen molar-refractivity contribution >= 4 is 11.6 Å². The predicted molar refractivity (Wildman–Crippen MR) is 88.7 cm³/mol. The lowest BCUT2D eigenvalue weighted by Gasteiger charge is -2.06. The van der Waals surface area contributed by atoms with Gasteiger partial charge in [0.15, 0.2) is 5.82 Å². The molecule has 0 unspecified atom stereocenters. The Balaban J connectivity index is 1.95. The standard InChI is InChI=1S/C18H20N4O/c1-2-23-16-8-6-7-14(12-16)11-15(13-19)18-21-20-17-9-4-3-5-10-22(17)18/h6-8,11-12H,2-5,9-10H2,1H3. The first kappa shape index (κ1) is 15.3.